The first kappa shape index (κ1) is 29.9. The molecule has 9 atom stereocenters. The van der Waals surface area contributed by atoms with Crippen LogP contribution in [0.3, 0.4) is 0 Å². The molecule has 0 saturated heterocycles. The largest absolute Gasteiger partial charge is 0.465 e. The van der Waals surface area contributed by atoms with E-state index in [0.717, 1.165) is 24.7 Å². The van der Waals surface area contributed by atoms with Gasteiger partial charge in [0.1, 0.15) is 0 Å². The lowest BCUT2D eigenvalue weighted by Gasteiger charge is -2.68. The van der Waals surface area contributed by atoms with E-state index in [4.69, 9.17) is 22.7 Å². The molecule has 1 aromatic rings. The van der Waals surface area contributed by atoms with Gasteiger partial charge in [0.25, 0.3) is 0 Å². The van der Waals surface area contributed by atoms with Crippen LogP contribution in [-0.4, -0.2) is 23.7 Å². The fourth-order valence-electron chi connectivity index (χ4n) is 12.3. The summed E-state index contributed by atoms with van der Waals surface area (Å²) in [5.74, 6) is 3.69. The smallest absolute Gasteiger partial charge is 0.337 e. The van der Waals surface area contributed by atoms with Crippen molar-refractivity contribution in [3.63, 3.8) is 0 Å². The lowest BCUT2D eigenvalue weighted by Crippen LogP contribution is -2.65. The number of esters is 1. The molecule has 3 N–H and O–H groups in total. The maximum Gasteiger partial charge on any atom is 0.337 e. The first-order valence-electron chi connectivity index (χ1n) is 16.4. The highest BCUT2D eigenvalue weighted by Crippen LogP contribution is 2.73. The minimum Gasteiger partial charge on any atom is -0.465 e. The number of ether oxygens (including phenoxy) is 1. The number of nitrogens with one attached hydrogen (secondary N) is 1. The molecule has 42 heavy (non-hydrogen) atoms. The number of thiocarbonyl (C=S) groups is 1. The monoisotopic (exact) mass is 588 g/mol. The quantitative estimate of drug-likeness (QED) is 0.210. The van der Waals surface area contributed by atoms with Gasteiger partial charge in [0.2, 0.25) is 0 Å². The van der Waals surface area contributed by atoms with Gasteiger partial charge in [0.15, 0.2) is 5.11 Å². The summed E-state index contributed by atoms with van der Waals surface area (Å²) in [7, 11) is 1.44. The van der Waals surface area contributed by atoms with Crippen molar-refractivity contribution in [2.75, 3.05) is 7.11 Å². The highest BCUT2D eigenvalue weighted by molar-refractivity contribution is 7.80. The third-order valence-electron chi connectivity index (χ3n) is 13.8. The molecule has 0 spiro atoms. The Morgan fingerprint density at radius 3 is 2.31 bits per heavy atom. The summed E-state index contributed by atoms with van der Waals surface area (Å²) in [5.41, 5.74) is 11.6. The first-order chi connectivity index (χ1) is 19.8. The van der Waals surface area contributed by atoms with E-state index in [2.05, 4.69) is 64.7 Å². The number of rotatable bonds is 4. The normalized spacial score (nSPS) is 41.7. The minimum absolute atomic E-state index is 0.0504. The van der Waals surface area contributed by atoms with Crippen molar-refractivity contribution < 1.29 is 9.53 Å². The van der Waals surface area contributed by atoms with Gasteiger partial charge in [-0.2, -0.15) is 0 Å². The molecular weight excluding hydrogens is 536 g/mol. The number of carbonyl (C=O) groups is 1. The average molecular weight is 589 g/mol. The summed E-state index contributed by atoms with van der Waals surface area (Å²) >= 11 is 5.45. The standard InChI is InChI=1S/C37H52N2O2S/c1-22(2)25-14-20-37(39-33(38)42)21-16-28-26(31(25)37)12-13-30-35(28,5)19-17-29-34(3,4)27(15-18-36(29,30)6)23-8-10-24(11-9-23)32(40)41-7/h8-11,15,25-26,28-31H,1,12-14,16-21H2,2-7H3,(H3,38,39,42)/t25-,26-,28?,29?,30?,31?,35-,36-,37-/m0/s1. The lowest BCUT2D eigenvalue weighted by molar-refractivity contribution is -0.174. The molecule has 4 unspecified atom stereocenters. The van der Waals surface area contributed by atoms with Gasteiger partial charge in [-0.05, 0) is 152 Å². The highest BCUT2D eigenvalue weighted by Gasteiger charge is 2.66. The molecule has 4 saturated carbocycles. The molecule has 4 fully saturated rings. The SMILES string of the molecule is C=C(C)[C@@H]1CC[C@]2(NC(N)=S)CCC3[C@H](CCC4[C@@]3(C)CCC3C(C)(C)C(c5ccc(C(=O)OC)cc5)=CC[C@@]34C)C12. The summed E-state index contributed by atoms with van der Waals surface area (Å²) < 4.78 is 4.93. The molecule has 1 aromatic carbocycles. The zero-order valence-electron chi connectivity index (χ0n) is 26.7. The van der Waals surface area contributed by atoms with Crippen molar-refractivity contribution in [1.29, 1.82) is 0 Å². The molecule has 0 bridgehead atoms. The molecule has 6 rings (SSSR count). The zero-order valence-corrected chi connectivity index (χ0v) is 27.5. The Morgan fingerprint density at radius 1 is 0.976 bits per heavy atom. The lowest BCUT2D eigenvalue weighted by atomic mass is 9.36. The molecule has 0 aromatic heterocycles. The summed E-state index contributed by atoms with van der Waals surface area (Å²) in [4.78, 5) is 12.0. The molecule has 228 valence electrons. The van der Waals surface area contributed by atoms with E-state index < -0.39 is 0 Å². The molecule has 4 nitrogen and oxygen atoms in total. The van der Waals surface area contributed by atoms with Crippen LogP contribution in [0.1, 0.15) is 108 Å². The third kappa shape index (κ3) is 4.26. The van der Waals surface area contributed by atoms with Crippen LogP contribution in [0.2, 0.25) is 0 Å². The van der Waals surface area contributed by atoms with Crippen LogP contribution in [-0.2, 0) is 4.74 Å². The average Bonchev–Trinajstić information content (AvgIpc) is 3.31. The van der Waals surface area contributed by atoms with E-state index >= 15 is 0 Å². The van der Waals surface area contributed by atoms with Gasteiger partial charge < -0.3 is 15.8 Å². The van der Waals surface area contributed by atoms with Crippen molar-refractivity contribution in [2.24, 2.45) is 57.5 Å². The van der Waals surface area contributed by atoms with Gasteiger partial charge in [0.05, 0.1) is 12.7 Å². The minimum atomic E-state index is -0.276. The molecule has 0 amide bonds. The van der Waals surface area contributed by atoms with Gasteiger partial charge in [-0.1, -0.05) is 58.1 Å². The van der Waals surface area contributed by atoms with E-state index in [1.807, 2.05) is 12.1 Å². The van der Waals surface area contributed by atoms with Gasteiger partial charge in [0, 0.05) is 5.54 Å². The van der Waals surface area contributed by atoms with Crippen LogP contribution in [0.15, 0.2) is 42.5 Å². The van der Waals surface area contributed by atoms with Crippen molar-refractivity contribution in [2.45, 2.75) is 97.9 Å². The fraction of sp³-hybridized carbons (Fsp3) is 0.676. The highest BCUT2D eigenvalue weighted by atomic mass is 32.1. The molecular formula is C37H52N2O2S. The molecule has 5 aliphatic rings. The number of nitrogens with two attached hydrogens (primary N) is 1. The van der Waals surface area contributed by atoms with Crippen LogP contribution < -0.4 is 11.1 Å². The fourth-order valence-corrected chi connectivity index (χ4v) is 12.5. The zero-order chi connectivity index (χ0) is 30.2. The van der Waals surface area contributed by atoms with Crippen LogP contribution in [0, 0.1) is 51.8 Å². The predicted octanol–water partition coefficient (Wildman–Crippen LogP) is 8.32. The van der Waals surface area contributed by atoms with Gasteiger partial charge in [-0.25, -0.2) is 4.79 Å². The van der Waals surface area contributed by atoms with Gasteiger partial charge in [-0.15, -0.1) is 0 Å². The number of benzene rings is 1. The number of methoxy groups -OCH3 is 1. The molecule has 0 heterocycles. The first-order valence-corrected chi connectivity index (χ1v) is 16.8. The van der Waals surface area contributed by atoms with Crippen LogP contribution >= 0.6 is 12.2 Å². The Kier molecular flexibility index (Phi) is 7.27. The Hall–Kier alpha value is -2.14. The molecule has 5 heteroatoms. The predicted molar refractivity (Wildman–Crippen MR) is 176 cm³/mol. The van der Waals surface area contributed by atoms with E-state index in [1.165, 1.54) is 68.8 Å². The second kappa shape index (κ2) is 10.2. The Balaban J connectivity index is 1.32. The summed E-state index contributed by atoms with van der Waals surface area (Å²) in [5, 5.41) is 4.16. The topological polar surface area (TPSA) is 64.3 Å². The number of allylic oxidation sites excluding steroid dienone is 3. The van der Waals surface area contributed by atoms with Crippen molar-refractivity contribution in [3.8, 4) is 0 Å². The van der Waals surface area contributed by atoms with E-state index in [1.54, 1.807) is 0 Å². The third-order valence-corrected chi connectivity index (χ3v) is 13.9. The molecule has 0 aliphatic heterocycles. The maximum atomic E-state index is 12.0. The van der Waals surface area contributed by atoms with Crippen LogP contribution in [0.4, 0.5) is 0 Å². The Morgan fingerprint density at radius 2 is 1.67 bits per heavy atom. The van der Waals surface area contributed by atoms with Crippen molar-refractivity contribution in [1.82, 2.24) is 5.32 Å². The van der Waals surface area contributed by atoms with Gasteiger partial charge >= 0.3 is 5.97 Å². The number of carbonyl (C=O) groups excluding carboxylic acids is 1. The number of hydrogen-bond donors (Lipinski definition) is 2. The van der Waals surface area contributed by atoms with E-state index in [9.17, 15) is 4.79 Å². The summed E-state index contributed by atoms with van der Waals surface area (Å²) in [6, 6.07) is 8.08. The van der Waals surface area contributed by atoms with Crippen molar-refractivity contribution in [3.05, 3.63) is 53.6 Å². The Labute approximate surface area is 259 Å². The summed E-state index contributed by atoms with van der Waals surface area (Å²) in [6.07, 6.45) is 13.8. The summed E-state index contributed by atoms with van der Waals surface area (Å²) in [6.45, 7) is 17.0. The second-order valence-electron chi connectivity index (χ2n) is 15.8. The van der Waals surface area contributed by atoms with Crippen LogP contribution in [0.25, 0.3) is 5.57 Å². The Bertz CT molecular complexity index is 1320. The van der Waals surface area contributed by atoms with E-state index in [0.29, 0.717) is 39.8 Å². The van der Waals surface area contributed by atoms with Crippen molar-refractivity contribution >= 4 is 28.9 Å². The van der Waals surface area contributed by atoms with Crippen LogP contribution in [0.5, 0.6) is 0 Å². The number of hydrogen-bond acceptors (Lipinski definition) is 3. The van der Waals surface area contributed by atoms with E-state index in [-0.39, 0.29) is 22.3 Å². The number of fused-ring (bicyclic) bond motifs is 7. The second-order valence-corrected chi connectivity index (χ2v) is 16.3. The molecule has 0 radical (unpaired) electrons. The molecule has 5 aliphatic carbocycles. The van der Waals surface area contributed by atoms with Gasteiger partial charge in [-0.3, -0.25) is 0 Å². The maximum absolute atomic E-state index is 12.0.